The van der Waals surface area contributed by atoms with Crippen LogP contribution in [-0.4, -0.2) is 55.3 Å². The Morgan fingerprint density at radius 2 is 2.05 bits per heavy atom. The number of carbonyl (C=O) groups is 1. The quantitative estimate of drug-likeness (QED) is 0.811. The molecule has 1 aromatic heterocycles. The molecule has 2 aliphatic rings. The minimum atomic E-state index is 0.0899. The third-order valence-corrected chi connectivity index (χ3v) is 3.79. The first-order valence-electron chi connectivity index (χ1n) is 6.93. The smallest absolute Gasteiger partial charge is 0.228 e. The van der Waals surface area contributed by atoms with Gasteiger partial charge in [0.2, 0.25) is 5.91 Å². The molecule has 1 unspecified atom stereocenters. The molecule has 3 rings (SSSR count). The molecule has 1 amide bonds. The molecule has 0 saturated carbocycles. The summed E-state index contributed by atoms with van der Waals surface area (Å²) < 4.78 is 5.33. The summed E-state index contributed by atoms with van der Waals surface area (Å²) in [6.45, 7) is 4.22. The van der Waals surface area contributed by atoms with Gasteiger partial charge in [0.15, 0.2) is 0 Å². The lowest BCUT2D eigenvalue weighted by Crippen LogP contribution is -2.37. The van der Waals surface area contributed by atoms with E-state index in [0.717, 1.165) is 18.9 Å². The molecule has 0 radical (unpaired) electrons. The van der Waals surface area contributed by atoms with E-state index >= 15 is 0 Å². The highest BCUT2D eigenvalue weighted by Crippen LogP contribution is 2.25. The zero-order chi connectivity index (χ0) is 13.9. The second kappa shape index (κ2) is 5.72. The molecule has 0 aromatic carbocycles. The van der Waals surface area contributed by atoms with Crippen LogP contribution in [0.25, 0.3) is 0 Å². The molecule has 2 N–H and O–H groups in total. The Morgan fingerprint density at radius 1 is 1.30 bits per heavy atom. The van der Waals surface area contributed by atoms with Crippen LogP contribution in [0.4, 0.5) is 11.6 Å². The number of aromatic nitrogens is 2. The van der Waals surface area contributed by atoms with E-state index in [9.17, 15) is 4.79 Å². The van der Waals surface area contributed by atoms with Gasteiger partial charge in [0.1, 0.15) is 18.0 Å². The molecule has 0 spiro atoms. The monoisotopic (exact) mass is 277 g/mol. The Morgan fingerprint density at radius 3 is 2.75 bits per heavy atom. The number of anilines is 2. The first-order valence-corrected chi connectivity index (χ1v) is 6.93. The third kappa shape index (κ3) is 2.59. The molecule has 2 fully saturated rings. The molecule has 0 aliphatic carbocycles. The minimum absolute atomic E-state index is 0.0899. The first-order chi connectivity index (χ1) is 9.78. The van der Waals surface area contributed by atoms with Crippen LogP contribution in [0.2, 0.25) is 0 Å². The first kappa shape index (κ1) is 13.3. The van der Waals surface area contributed by atoms with E-state index in [-0.39, 0.29) is 11.8 Å². The summed E-state index contributed by atoms with van der Waals surface area (Å²) in [5.41, 5.74) is 5.65. The highest BCUT2D eigenvalue weighted by molar-refractivity contribution is 5.95. The number of hydrogen-bond donors (Lipinski definition) is 1. The number of nitrogens with zero attached hydrogens (tertiary/aromatic N) is 4. The average molecular weight is 277 g/mol. The number of amides is 1. The van der Waals surface area contributed by atoms with Crippen molar-refractivity contribution >= 4 is 17.5 Å². The van der Waals surface area contributed by atoms with Crippen molar-refractivity contribution < 1.29 is 9.53 Å². The predicted octanol–water partition coefficient (Wildman–Crippen LogP) is -0.375. The van der Waals surface area contributed by atoms with E-state index in [2.05, 4.69) is 14.9 Å². The van der Waals surface area contributed by atoms with Crippen molar-refractivity contribution in [1.29, 1.82) is 0 Å². The molecule has 1 atom stereocenters. The topological polar surface area (TPSA) is 84.6 Å². The zero-order valence-electron chi connectivity index (χ0n) is 11.4. The highest BCUT2D eigenvalue weighted by atomic mass is 16.5. The fourth-order valence-corrected chi connectivity index (χ4v) is 2.61. The van der Waals surface area contributed by atoms with Crippen LogP contribution in [0.5, 0.6) is 0 Å². The SMILES string of the molecule is NCC1CC(=O)N(c2cc(N3CCOCC3)ncn2)C1. The lowest BCUT2D eigenvalue weighted by molar-refractivity contribution is -0.117. The molecule has 20 heavy (non-hydrogen) atoms. The van der Waals surface area contributed by atoms with Crippen molar-refractivity contribution in [3.05, 3.63) is 12.4 Å². The molecule has 0 bridgehead atoms. The van der Waals surface area contributed by atoms with Gasteiger partial charge >= 0.3 is 0 Å². The Kier molecular flexibility index (Phi) is 3.79. The summed E-state index contributed by atoms with van der Waals surface area (Å²) in [6.07, 6.45) is 2.02. The molecule has 108 valence electrons. The van der Waals surface area contributed by atoms with Crippen LogP contribution in [0.1, 0.15) is 6.42 Å². The maximum atomic E-state index is 12.0. The molecule has 7 heteroatoms. The van der Waals surface area contributed by atoms with E-state index in [1.807, 2.05) is 6.07 Å². The maximum absolute atomic E-state index is 12.0. The van der Waals surface area contributed by atoms with E-state index in [4.69, 9.17) is 10.5 Å². The molecule has 3 heterocycles. The highest BCUT2D eigenvalue weighted by Gasteiger charge is 2.30. The number of carbonyl (C=O) groups excluding carboxylic acids is 1. The number of nitrogens with two attached hydrogens (primary N) is 1. The number of morpholine rings is 1. The van der Waals surface area contributed by atoms with Crippen LogP contribution in [0.3, 0.4) is 0 Å². The molecule has 2 aliphatic heterocycles. The second-order valence-corrected chi connectivity index (χ2v) is 5.14. The van der Waals surface area contributed by atoms with Crippen molar-refractivity contribution in [2.75, 3.05) is 49.2 Å². The van der Waals surface area contributed by atoms with E-state index in [1.54, 1.807) is 4.90 Å². The van der Waals surface area contributed by atoms with Gasteiger partial charge in [0.25, 0.3) is 0 Å². The number of hydrogen-bond acceptors (Lipinski definition) is 6. The van der Waals surface area contributed by atoms with Gasteiger partial charge < -0.3 is 15.4 Å². The standard InChI is InChI=1S/C13H19N5O2/c14-7-10-5-13(19)18(8-10)12-6-11(15-9-16-12)17-1-3-20-4-2-17/h6,9-10H,1-5,7-8,14H2. The third-order valence-electron chi connectivity index (χ3n) is 3.79. The van der Waals surface area contributed by atoms with Gasteiger partial charge in [0, 0.05) is 32.1 Å². The summed E-state index contributed by atoms with van der Waals surface area (Å²) in [5.74, 6) is 1.83. The Balaban J connectivity index is 1.78. The molecular formula is C13H19N5O2. The summed E-state index contributed by atoms with van der Waals surface area (Å²) in [7, 11) is 0. The molecule has 2 saturated heterocycles. The number of rotatable bonds is 3. The Labute approximate surface area is 117 Å². The fourth-order valence-electron chi connectivity index (χ4n) is 2.61. The molecular weight excluding hydrogens is 258 g/mol. The largest absolute Gasteiger partial charge is 0.378 e. The Bertz CT molecular complexity index is 489. The van der Waals surface area contributed by atoms with Crippen molar-refractivity contribution in [2.45, 2.75) is 6.42 Å². The molecule has 1 aromatic rings. The van der Waals surface area contributed by atoms with Crippen molar-refractivity contribution in [3.8, 4) is 0 Å². The fraction of sp³-hybridized carbons (Fsp3) is 0.615. The molecule has 7 nitrogen and oxygen atoms in total. The van der Waals surface area contributed by atoms with E-state index in [1.165, 1.54) is 6.33 Å². The van der Waals surface area contributed by atoms with Gasteiger partial charge in [-0.05, 0) is 12.5 Å². The maximum Gasteiger partial charge on any atom is 0.228 e. The van der Waals surface area contributed by atoms with Crippen LogP contribution >= 0.6 is 0 Å². The van der Waals surface area contributed by atoms with Gasteiger partial charge in [-0.1, -0.05) is 0 Å². The lowest BCUT2D eigenvalue weighted by Gasteiger charge is -2.28. The van der Waals surface area contributed by atoms with E-state index in [0.29, 0.717) is 38.5 Å². The van der Waals surface area contributed by atoms with Gasteiger partial charge in [0.05, 0.1) is 13.2 Å². The zero-order valence-corrected chi connectivity index (χ0v) is 11.4. The van der Waals surface area contributed by atoms with Gasteiger partial charge in [-0.3, -0.25) is 9.69 Å². The van der Waals surface area contributed by atoms with Gasteiger partial charge in [-0.25, -0.2) is 9.97 Å². The van der Waals surface area contributed by atoms with Gasteiger partial charge in [-0.2, -0.15) is 0 Å². The average Bonchev–Trinajstić information content (AvgIpc) is 2.89. The van der Waals surface area contributed by atoms with Crippen LogP contribution in [-0.2, 0) is 9.53 Å². The van der Waals surface area contributed by atoms with Crippen LogP contribution < -0.4 is 15.5 Å². The summed E-state index contributed by atoms with van der Waals surface area (Å²) >= 11 is 0. The second-order valence-electron chi connectivity index (χ2n) is 5.14. The minimum Gasteiger partial charge on any atom is -0.378 e. The van der Waals surface area contributed by atoms with Gasteiger partial charge in [-0.15, -0.1) is 0 Å². The van der Waals surface area contributed by atoms with Crippen LogP contribution in [0, 0.1) is 5.92 Å². The van der Waals surface area contributed by atoms with Crippen LogP contribution in [0.15, 0.2) is 12.4 Å². The summed E-state index contributed by atoms with van der Waals surface area (Å²) in [4.78, 5) is 24.4. The van der Waals surface area contributed by atoms with Crippen molar-refractivity contribution in [3.63, 3.8) is 0 Å². The van der Waals surface area contributed by atoms with Crippen molar-refractivity contribution in [2.24, 2.45) is 11.7 Å². The number of ether oxygens (including phenoxy) is 1. The normalized spacial score (nSPS) is 23.4. The van der Waals surface area contributed by atoms with Crippen molar-refractivity contribution in [1.82, 2.24) is 9.97 Å². The van der Waals surface area contributed by atoms with E-state index < -0.39 is 0 Å². The summed E-state index contributed by atoms with van der Waals surface area (Å²) in [6, 6.07) is 1.88. The predicted molar refractivity (Wildman–Crippen MR) is 74.6 cm³/mol. The Hall–Kier alpha value is -1.73. The lowest BCUT2D eigenvalue weighted by atomic mass is 10.1. The summed E-state index contributed by atoms with van der Waals surface area (Å²) in [5, 5.41) is 0.